The molecule has 0 fully saturated rings. The van der Waals surface area contributed by atoms with Crippen molar-refractivity contribution >= 4 is 29.4 Å². The molecule has 9 heteroatoms. The molecule has 1 amide bonds. The van der Waals surface area contributed by atoms with Crippen LogP contribution in [0.15, 0.2) is 41.5 Å². The number of nitro benzene ring substituents is 1. The number of halogens is 1. The van der Waals surface area contributed by atoms with Crippen LogP contribution >= 0.6 is 11.6 Å². The van der Waals surface area contributed by atoms with E-state index in [-0.39, 0.29) is 10.7 Å². The van der Waals surface area contributed by atoms with Crippen molar-refractivity contribution in [2.75, 3.05) is 14.2 Å². The number of carbonyl (C=O) groups excluding carboxylic acids is 1. The van der Waals surface area contributed by atoms with Crippen LogP contribution in [-0.2, 0) is 0 Å². The molecule has 0 aliphatic carbocycles. The molecule has 0 bridgehead atoms. The van der Waals surface area contributed by atoms with Gasteiger partial charge < -0.3 is 9.47 Å². The van der Waals surface area contributed by atoms with E-state index in [4.69, 9.17) is 21.1 Å². The number of ether oxygens (including phenoxy) is 2. The summed E-state index contributed by atoms with van der Waals surface area (Å²) in [5.74, 6) is 0.434. The summed E-state index contributed by atoms with van der Waals surface area (Å²) in [4.78, 5) is 22.3. The van der Waals surface area contributed by atoms with E-state index in [9.17, 15) is 14.9 Å². The van der Waals surface area contributed by atoms with Gasteiger partial charge in [0.15, 0.2) is 11.5 Å². The highest BCUT2D eigenvalue weighted by molar-refractivity contribution is 6.32. The lowest BCUT2D eigenvalue weighted by Crippen LogP contribution is -2.17. The van der Waals surface area contributed by atoms with Crippen LogP contribution in [0.2, 0.25) is 5.02 Å². The summed E-state index contributed by atoms with van der Waals surface area (Å²) in [5, 5.41) is 14.6. The molecule has 2 aromatic rings. The quantitative estimate of drug-likeness (QED) is 0.482. The smallest absolute Gasteiger partial charge is 0.288 e. The number of benzene rings is 2. The Balaban J connectivity index is 2.10. The summed E-state index contributed by atoms with van der Waals surface area (Å²) in [6.45, 7) is 0. The summed E-state index contributed by atoms with van der Waals surface area (Å²) in [6.07, 6.45) is 1.28. The second-order valence-corrected chi connectivity index (χ2v) is 5.14. The summed E-state index contributed by atoms with van der Waals surface area (Å²) >= 11 is 5.73. The number of methoxy groups -OCH3 is 2. The number of hydrazone groups is 1. The normalized spacial score (nSPS) is 10.5. The minimum atomic E-state index is -0.595. The molecule has 0 spiro atoms. The molecule has 0 radical (unpaired) electrons. The van der Waals surface area contributed by atoms with Gasteiger partial charge in [-0.1, -0.05) is 17.7 Å². The van der Waals surface area contributed by atoms with Crippen molar-refractivity contribution in [3.05, 3.63) is 62.7 Å². The largest absolute Gasteiger partial charge is 0.493 e. The first-order valence-electron chi connectivity index (χ1n) is 6.95. The third kappa shape index (κ3) is 4.45. The predicted octanol–water partition coefficient (Wildman–Crippen LogP) is 3.03. The van der Waals surface area contributed by atoms with Gasteiger partial charge >= 0.3 is 0 Å². The Morgan fingerprint density at radius 3 is 2.56 bits per heavy atom. The Bertz CT molecular complexity index is 839. The van der Waals surface area contributed by atoms with E-state index in [0.29, 0.717) is 22.6 Å². The third-order valence-electron chi connectivity index (χ3n) is 3.19. The Kier molecular flexibility index (Phi) is 5.91. The molecule has 2 rings (SSSR count). The van der Waals surface area contributed by atoms with Gasteiger partial charge in [0, 0.05) is 17.2 Å². The second-order valence-electron chi connectivity index (χ2n) is 4.74. The fourth-order valence-corrected chi connectivity index (χ4v) is 2.14. The Morgan fingerprint density at radius 2 is 1.92 bits per heavy atom. The van der Waals surface area contributed by atoms with Gasteiger partial charge in [-0.3, -0.25) is 14.9 Å². The number of amides is 1. The molecule has 130 valence electrons. The summed E-state index contributed by atoms with van der Waals surface area (Å²) in [6, 6.07) is 8.85. The molecule has 0 aromatic heterocycles. The van der Waals surface area contributed by atoms with Crippen molar-refractivity contribution in [2.45, 2.75) is 0 Å². The third-order valence-corrected chi connectivity index (χ3v) is 3.51. The van der Waals surface area contributed by atoms with Gasteiger partial charge in [0.25, 0.3) is 11.6 Å². The fraction of sp³-hybridized carbons (Fsp3) is 0.125. The van der Waals surface area contributed by atoms with Crippen LogP contribution in [0.5, 0.6) is 11.5 Å². The van der Waals surface area contributed by atoms with Gasteiger partial charge in [-0.15, -0.1) is 0 Å². The minimum absolute atomic E-state index is 0.0245. The van der Waals surface area contributed by atoms with Crippen molar-refractivity contribution in [2.24, 2.45) is 5.10 Å². The number of rotatable bonds is 6. The number of nitro groups is 1. The maximum Gasteiger partial charge on any atom is 0.288 e. The average molecular weight is 364 g/mol. The molecule has 25 heavy (non-hydrogen) atoms. The highest BCUT2D eigenvalue weighted by Gasteiger charge is 2.12. The van der Waals surface area contributed by atoms with Crippen LogP contribution in [0.4, 0.5) is 5.69 Å². The Labute approximate surface area is 148 Å². The lowest BCUT2D eigenvalue weighted by atomic mass is 10.2. The summed E-state index contributed by atoms with van der Waals surface area (Å²) in [5.41, 5.74) is 2.83. The molecular formula is C16H14ClN3O5. The van der Waals surface area contributed by atoms with Gasteiger partial charge in [-0.25, -0.2) is 5.43 Å². The first-order valence-corrected chi connectivity index (χ1v) is 7.33. The van der Waals surface area contributed by atoms with Crippen molar-refractivity contribution in [1.82, 2.24) is 5.43 Å². The topological polar surface area (TPSA) is 103 Å². The lowest BCUT2D eigenvalue weighted by Gasteiger charge is -2.08. The lowest BCUT2D eigenvalue weighted by molar-refractivity contribution is -0.384. The fourth-order valence-electron chi connectivity index (χ4n) is 1.96. The van der Waals surface area contributed by atoms with Crippen LogP contribution in [0.3, 0.4) is 0 Å². The van der Waals surface area contributed by atoms with Crippen molar-refractivity contribution in [1.29, 1.82) is 0 Å². The second kappa shape index (κ2) is 8.11. The van der Waals surface area contributed by atoms with E-state index < -0.39 is 10.8 Å². The minimum Gasteiger partial charge on any atom is -0.493 e. The molecular weight excluding hydrogens is 350 g/mol. The van der Waals surface area contributed by atoms with Crippen molar-refractivity contribution in [3.8, 4) is 11.5 Å². The molecule has 0 saturated heterocycles. The molecule has 0 heterocycles. The van der Waals surface area contributed by atoms with E-state index in [1.807, 2.05) is 0 Å². The van der Waals surface area contributed by atoms with Gasteiger partial charge in [0.1, 0.15) is 5.02 Å². The number of hydrogen-bond acceptors (Lipinski definition) is 6. The maximum absolute atomic E-state index is 12.1. The van der Waals surface area contributed by atoms with E-state index >= 15 is 0 Å². The SMILES string of the molecule is COc1ccc(C(=O)N/N=C/c2ccc(Cl)c([N+](=O)[O-])c2)cc1OC. The Morgan fingerprint density at radius 1 is 1.20 bits per heavy atom. The molecule has 0 aliphatic rings. The predicted molar refractivity (Wildman–Crippen MR) is 92.7 cm³/mol. The highest BCUT2D eigenvalue weighted by atomic mass is 35.5. The summed E-state index contributed by atoms with van der Waals surface area (Å²) in [7, 11) is 2.96. The maximum atomic E-state index is 12.1. The van der Waals surface area contributed by atoms with E-state index in [0.717, 1.165) is 0 Å². The van der Waals surface area contributed by atoms with Crippen LogP contribution in [0, 0.1) is 10.1 Å². The number of nitrogens with one attached hydrogen (secondary N) is 1. The monoisotopic (exact) mass is 363 g/mol. The highest BCUT2D eigenvalue weighted by Crippen LogP contribution is 2.27. The first kappa shape index (κ1) is 18.2. The van der Waals surface area contributed by atoms with Crippen molar-refractivity contribution < 1.29 is 19.2 Å². The van der Waals surface area contributed by atoms with Crippen LogP contribution < -0.4 is 14.9 Å². The molecule has 0 aliphatic heterocycles. The molecule has 0 saturated carbocycles. The van der Waals surface area contributed by atoms with Crippen molar-refractivity contribution in [3.63, 3.8) is 0 Å². The number of nitrogens with zero attached hydrogens (tertiary/aromatic N) is 2. The van der Waals surface area contributed by atoms with Gasteiger partial charge in [0.05, 0.1) is 25.4 Å². The van der Waals surface area contributed by atoms with Crippen LogP contribution in [-0.4, -0.2) is 31.3 Å². The van der Waals surface area contributed by atoms with Gasteiger partial charge in [0.2, 0.25) is 0 Å². The molecule has 8 nitrogen and oxygen atoms in total. The van der Waals surface area contributed by atoms with E-state index in [1.54, 1.807) is 18.2 Å². The molecule has 0 unspecified atom stereocenters. The van der Waals surface area contributed by atoms with Crippen LogP contribution in [0.25, 0.3) is 0 Å². The summed E-state index contributed by atoms with van der Waals surface area (Å²) < 4.78 is 10.2. The van der Waals surface area contributed by atoms with E-state index in [1.165, 1.54) is 38.6 Å². The van der Waals surface area contributed by atoms with Crippen LogP contribution in [0.1, 0.15) is 15.9 Å². The number of hydrogen-bond donors (Lipinski definition) is 1. The zero-order valence-corrected chi connectivity index (χ0v) is 14.1. The van der Waals surface area contributed by atoms with Gasteiger partial charge in [-0.05, 0) is 24.3 Å². The molecule has 2 aromatic carbocycles. The molecule has 1 N–H and O–H groups in total. The average Bonchev–Trinajstić information content (AvgIpc) is 2.62. The van der Waals surface area contributed by atoms with E-state index in [2.05, 4.69) is 10.5 Å². The van der Waals surface area contributed by atoms with Gasteiger partial charge in [-0.2, -0.15) is 5.10 Å². The number of carbonyl (C=O) groups is 1. The Hall–Kier alpha value is -3.13. The zero-order chi connectivity index (χ0) is 18.4. The standard InChI is InChI=1S/C16H14ClN3O5/c1-24-14-6-4-11(8-15(14)25-2)16(21)19-18-9-10-3-5-12(17)13(7-10)20(22)23/h3-9H,1-2H3,(H,19,21)/b18-9+. The first-order chi connectivity index (χ1) is 12.0. The zero-order valence-electron chi connectivity index (χ0n) is 13.4. The molecule has 0 atom stereocenters.